The molecule has 0 unspecified atom stereocenters. The summed E-state index contributed by atoms with van der Waals surface area (Å²) in [6.07, 6.45) is 5.25. The molecule has 0 aliphatic heterocycles. The fourth-order valence-electron chi connectivity index (χ4n) is 1.56. The van der Waals surface area contributed by atoms with Crippen LogP contribution in [0.2, 0.25) is 0 Å². The van der Waals surface area contributed by atoms with Gasteiger partial charge in [0.1, 0.15) is 18.1 Å². The molecule has 0 atom stereocenters. The highest BCUT2D eigenvalue weighted by Crippen LogP contribution is 2.03. The van der Waals surface area contributed by atoms with Crippen molar-refractivity contribution in [3.8, 4) is 5.69 Å². The molecule has 1 aromatic carbocycles. The average Bonchev–Trinajstić information content (AvgIpc) is 2.62. The van der Waals surface area contributed by atoms with Gasteiger partial charge in [-0.2, -0.15) is 0 Å². The monoisotopic (exact) mass is 343 g/mol. The van der Waals surface area contributed by atoms with Gasteiger partial charge in [0.15, 0.2) is 5.69 Å². The molecule has 0 amide bonds. The summed E-state index contributed by atoms with van der Waals surface area (Å²) in [5.41, 5.74) is 3.15. The van der Waals surface area contributed by atoms with Gasteiger partial charge in [-0.3, -0.25) is 0 Å². The first-order valence-electron chi connectivity index (χ1n) is 5.03. The predicted molar refractivity (Wildman–Crippen MR) is 61.1 cm³/mol. The number of nitrogens with zero attached hydrogens (tertiary/aromatic N) is 3. The second kappa shape index (κ2) is 5.81. The number of halogens is 1. The molecular formula is C12H14IN3O. The lowest BCUT2D eigenvalue weighted by Crippen LogP contribution is -3.00. The minimum absolute atomic E-state index is 0. The molecule has 1 N–H and O–H groups in total. The molecule has 0 bridgehead atoms. The van der Waals surface area contributed by atoms with E-state index < -0.39 is 0 Å². The van der Waals surface area contributed by atoms with Gasteiger partial charge in [-0.05, 0) is 19.1 Å². The molecule has 90 valence electrons. The first kappa shape index (κ1) is 13.7. The van der Waals surface area contributed by atoms with Crippen LogP contribution in [-0.4, -0.2) is 16.0 Å². The molecule has 0 saturated heterocycles. The SMILES string of the molecule is Cc1ccc(-[n+]2cc(/C=N/O)n(C)c2)cc1.[I-]. The molecule has 4 nitrogen and oxygen atoms in total. The normalized spacial score (nSPS) is 10.5. The zero-order valence-corrected chi connectivity index (χ0v) is 11.9. The van der Waals surface area contributed by atoms with Crippen molar-refractivity contribution in [2.24, 2.45) is 12.2 Å². The third-order valence-corrected chi connectivity index (χ3v) is 2.50. The lowest BCUT2D eigenvalue weighted by atomic mass is 10.2. The van der Waals surface area contributed by atoms with Crippen molar-refractivity contribution in [1.82, 2.24) is 4.57 Å². The second-order valence-electron chi connectivity index (χ2n) is 3.77. The molecule has 0 aliphatic rings. The van der Waals surface area contributed by atoms with E-state index in [4.69, 9.17) is 5.21 Å². The molecule has 0 fully saturated rings. The van der Waals surface area contributed by atoms with Crippen molar-refractivity contribution in [2.45, 2.75) is 6.92 Å². The van der Waals surface area contributed by atoms with E-state index in [0.29, 0.717) is 0 Å². The molecule has 0 saturated carbocycles. The third-order valence-electron chi connectivity index (χ3n) is 2.50. The van der Waals surface area contributed by atoms with E-state index in [9.17, 15) is 0 Å². The maximum atomic E-state index is 8.51. The minimum Gasteiger partial charge on any atom is -1.00 e. The molecular weight excluding hydrogens is 329 g/mol. The van der Waals surface area contributed by atoms with Crippen LogP contribution in [0.25, 0.3) is 5.69 Å². The van der Waals surface area contributed by atoms with Crippen molar-refractivity contribution in [3.05, 3.63) is 48.0 Å². The van der Waals surface area contributed by atoms with Gasteiger partial charge in [0.05, 0.1) is 7.05 Å². The van der Waals surface area contributed by atoms with Gasteiger partial charge in [0.2, 0.25) is 6.33 Å². The zero-order chi connectivity index (χ0) is 11.5. The number of hydrogen-bond acceptors (Lipinski definition) is 2. The topological polar surface area (TPSA) is 41.4 Å². The van der Waals surface area contributed by atoms with Crippen molar-refractivity contribution in [3.63, 3.8) is 0 Å². The number of aryl methyl sites for hydroxylation is 2. The van der Waals surface area contributed by atoms with Crippen LogP contribution in [0.5, 0.6) is 0 Å². The molecule has 0 radical (unpaired) electrons. The van der Waals surface area contributed by atoms with Crippen LogP contribution < -0.4 is 28.5 Å². The predicted octanol–water partition coefficient (Wildman–Crippen LogP) is -1.58. The van der Waals surface area contributed by atoms with Crippen molar-refractivity contribution >= 4 is 6.21 Å². The first-order chi connectivity index (χ1) is 7.70. The summed E-state index contributed by atoms with van der Waals surface area (Å²) >= 11 is 0. The Balaban J connectivity index is 0.00000144. The lowest BCUT2D eigenvalue weighted by molar-refractivity contribution is -0.595. The van der Waals surface area contributed by atoms with Crippen LogP contribution in [-0.2, 0) is 7.05 Å². The molecule has 1 heterocycles. The van der Waals surface area contributed by atoms with E-state index in [0.717, 1.165) is 11.4 Å². The Kier molecular flexibility index (Phi) is 4.68. The van der Waals surface area contributed by atoms with E-state index in [2.05, 4.69) is 36.3 Å². The van der Waals surface area contributed by atoms with Crippen LogP contribution in [0.1, 0.15) is 11.3 Å². The summed E-state index contributed by atoms with van der Waals surface area (Å²) in [4.78, 5) is 0. The quantitative estimate of drug-likeness (QED) is 0.231. The fraction of sp³-hybridized carbons (Fsp3) is 0.167. The van der Waals surface area contributed by atoms with Gasteiger partial charge in [0, 0.05) is 0 Å². The fourth-order valence-corrected chi connectivity index (χ4v) is 1.56. The van der Waals surface area contributed by atoms with Crippen LogP contribution >= 0.6 is 0 Å². The van der Waals surface area contributed by atoms with E-state index in [-0.39, 0.29) is 24.0 Å². The number of benzene rings is 1. The number of hydrogen-bond donors (Lipinski definition) is 1. The Labute approximate surface area is 117 Å². The zero-order valence-electron chi connectivity index (χ0n) is 9.71. The van der Waals surface area contributed by atoms with Crippen LogP contribution in [0.3, 0.4) is 0 Å². The van der Waals surface area contributed by atoms with E-state index in [1.807, 2.05) is 28.7 Å². The van der Waals surface area contributed by atoms with E-state index >= 15 is 0 Å². The third kappa shape index (κ3) is 3.06. The Morgan fingerprint density at radius 3 is 2.53 bits per heavy atom. The molecule has 2 aromatic rings. The Morgan fingerprint density at radius 2 is 1.94 bits per heavy atom. The number of imidazole rings is 1. The first-order valence-corrected chi connectivity index (χ1v) is 5.03. The highest BCUT2D eigenvalue weighted by molar-refractivity contribution is 5.75. The standard InChI is InChI=1S/C12H13N3O.HI/c1-10-3-5-11(6-4-10)15-8-12(7-13-16)14(2)9-15;/h3-9H,1-2H3;1H/b13-7+;. The van der Waals surface area contributed by atoms with Gasteiger partial charge in [-0.1, -0.05) is 22.9 Å². The van der Waals surface area contributed by atoms with Crippen molar-refractivity contribution < 1.29 is 33.8 Å². The van der Waals surface area contributed by atoms with E-state index in [1.54, 1.807) is 0 Å². The average molecular weight is 343 g/mol. The Morgan fingerprint density at radius 1 is 1.29 bits per heavy atom. The molecule has 2 rings (SSSR count). The molecule has 5 heteroatoms. The van der Waals surface area contributed by atoms with Crippen molar-refractivity contribution in [1.29, 1.82) is 0 Å². The summed E-state index contributed by atoms with van der Waals surface area (Å²) < 4.78 is 3.87. The minimum atomic E-state index is 0. The van der Waals surface area contributed by atoms with Gasteiger partial charge < -0.3 is 29.2 Å². The molecule has 0 aliphatic carbocycles. The van der Waals surface area contributed by atoms with Crippen LogP contribution in [0, 0.1) is 6.92 Å². The van der Waals surface area contributed by atoms with E-state index in [1.165, 1.54) is 11.8 Å². The lowest BCUT2D eigenvalue weighted by Gasteiger charge is -1.95. The molecule has 17 heavy (non-hydrogen) atoms. The summed E-state index contributed by atoms with van der Waals surface area (Å²) in [5, 5.41) is 11.5. The smallest absolute Gasteiger partial charge is 0.249 e. The highest BCUT2D eigenvalue weighted by Gasteiger charge is 2.09. The maximum Gasteiger partial charge on any atom is 0.249 e. The maximum absolute atomic E-state index is 8.51. The summed E-state index contributed by atoms with van der Waals surface area (Å²) in [7, 11) is 1.90. The highest BCUT2D eigenvalue weighted by atomic mass is 127. The Hall–Kier alpha value is -1.37. The van der Waals surface area contributed by atoms with Gasteiger partial charge in [-0.15, -0.1) is 0 Å². The summed E-state index contributed by atoms with van der Waals surface area (Å²) in [6, 6.07) is 8.23. The van der Waals surface area contributed by atoms with Crippen molar-refractivity contribution in [2.75, 3.05) is 0 Å². The summed E-state index contributed by atoms with van der Waals surface area (Å²) in [5.74, 6) is 0. The van der Waals surface area contributed by atoms with Crippen LogP contribution in [0.4, 0.5) is 0 Å². The Bertz CT molecular complexity index is 517. The second-order valence-corrected chi connectivity index (χ2v) is 3.77. The van der Waals surface area contributed by atoms with Gasteiger partial charge in [-0.25, -0.2) is 9.13 Å². The number of aromatic nitrogens is 2. The number of oxime groups is 1. The molecule has 0 spiro atoms. The summed E-state index contributed by atoms with van der Waals surface area (Å²) in [6.45, 7) is 2.06. The molecule has 1 aromatic heterocycles. The largest absolute Gasteiger partial charge is 1.00 e. The van der Waals surface area contributed by atoms with Gasteiger partial charge >= 0.3 is 0 Å². The number of rotatable bonds is 2. The van der Waals surface area contributed by atoms with Crippen LogP contribution in [0.15, 0.2) is 41.9 Å². The van der Waals surface area contributed by atoms with Gasteiger partial charge in [0.25, 0.3) is 0 Å².